The van der Waals surface area contributed by atoms with E-state index in [0.29, 0.717) is 23.7 Å². The van der Waals surface area contributed by atoms with Gasteiger partial charge >= 0.3 is 0 Å². The van der Waals surface area contributed by atoms with Gasteiger partial charge in [-0.25, -0.2) is 0 Å². The van der Waals surface area contributed by atoms with Crippen LogP contribution in [0.2, 0.25) is 0 Å². The molecule has 0 bridgehead atoms. The number of nitrogens with one attached hydrogen (secondary N) is 1. The summed E-state index contributed by atoms with van der Waals surface area (Å²) in [5.74, 6) is -0.386. The monoisotopic (exact) mass is 282 g/mol. The summed E-state index contributed by atoms with van der Waals surface area (Å²) in [4.78, 5) is 22.5. The van der Waals surface area contributed by atoms with Crippen molar-refractivity contribution in [3.05, 3.63) is 23.8 Å². The summed E-state index contributed by atoms with van der Waals surface area (Å²) in [6.45, 7) is 2.00. The molecule has 0 fully saturated rings. The minimum Gasteiger partial charge on any atom is -0.493 e. The summed E-state index contributed by atoms with van der Waals surface area (Å²) >= 11 is 0. The van der Waals surface area contributed by atoms with Gasteiger partial charge in [0.2, 0.25) is 5.91 Å². The van der Waals surface area contributed by atoms with Crippen LogP contribution in [0, 0.1) is 0 Å². The molecule has 7 heteroatoms. The molecular formula is C13H18N2O5. The van der Waals surface area contributed by atoms with E-state index in [-0.39, 0.29) is 6.54 Å². The minimum atomic E-state index is -1.41. The number of rotatable bonds is 7. The first-order valence-corrected chi connectivity index (χ1v) is 6.06. The predicted molar refractivity (Wildman–Crippen MR) is 71.7 cm³/mol. The summed E-state index contributed by atoms with van der Waals surface area (Å²) in [6.07, 6.45) is -1.41. The van der Waals surface area contributed by atoms with Gasteiger partial charge in [0.15, 0.2) is 11.5 Å². The number of aliphatic hydroxyl groups excluding tert-OH is 1. The highest BCUT2D eigenvalue weighted by atomic mass is 16.5. The van der Waals surface area contributed by atoms with Gasteiger partial charge in [-0.1, -0.05) is 0 Å². The smallest absolute Gasteiger partial charge is 0.251 e. The van der Waals surface area contributed by atoms with E-state index >= 15 is 0 Å². The molecule has 2 amide bonds. The van der Waals surface area contributed by atoms with Gasteiger partial charge in [0.05, 0.1) is 20.3 Å². The van der Waals surface area contributed by atoms with Crippen LogP contribution in [0.3, 0.4) is 0 Å². The Hall–Kier alpha value is -2.28. The summed E-state index contributed by atoms with van der Waals surface area (Å²) < 4.78 is 10.5. The number of carbonyl (C=O) groups is 2. The Morgan fingerprint density at radius 1 is 1.40 bits per heavy atom. The van der Waals surface area contributed by atoms with Gasteiger partial charge in [0, 0.05) is 5.56 Å². The largest absolute Gasteiger partial charge is 0.493 e. The van der Waals surface area contributed by atoms with Crippen LogP contribution in [0.5, 0.6) is 11.5 Å². The van der Waals surface area contributed by atoms with Crippen molar-refractivity contribution in [2.24, 2.45) is 5.73 Å². The number of methoxy groups -OCH3 is 1. The van der Waals surface area contributed by atoms with Crippen LogP contribution in [-0.4, -0.2) is 43.3 Å². The molecule has 110 valence electrons. The number of hydrogen-bond acceptors (Lipinski definition) is 5. The summed E-state index contributed by atoms with van der Waals surface area (Å²) in [6, 6.07) is 4.67. The molecule has 0 saturated heterocycles. The van der Waals surface area contributed by atoms with Gasteiger partial charge in [-0.15, -0.1) is 0 Å². The van der Waals surface area contributed by atoms with Crippen LogP contribution in [0.25, 0.3) is 0 Å². The fourth-order valence-corrected chi connectivity index (χ4v) is 1.48. The van der Waals surface area contributed by atoms with E-state index in [1.54, 1.807) is 12.1 Å². The zero-order chi connectivity index (χ0) is 15.1. The Kier molecular flexibility index (Phi) is 5.79. The fraction of sp³-hybridized carbons (Fsp3) is 0.385. The van der Waals surface area contributed by atoms with Gasteiger partial charge in [-0.05, 0) is 25.1 Å². The van der Waals surface area contributed by atoms with Crippen molar-refractivity contribution in [3.63, 3.8) is 0 Å². The number of hydrogen-bond donors (Lipinski definition) is 3. The topological polar surface area (TPSA) is 111 Å². The van der Waals surface area contributed by atoms with Crippen molar-refractivity contribution in [1.82, 2.24) is 5.32 Å². The van der Waals surface area contributed by atoms with E-state index in [1.807, 2.05) is 6.92 Å². The zero-order valence-corrected chi connectivity index (χ0v) is 11.4. The van der Waals surface area contributed by atoms with Crippen molar-refractivity contribution >= 4 is 11.8 Å². The highest BCUT2D eigenvalue weighted by molar-refractivity contribution is 5.95. The Labute approximate surface area is 116 Å². The Bertz CT molecular complexity index is 490. The second-order valence-electron chi connectivity index (χ2n) is 3.93. The minimum absolute atomic E-state index is 0.246. The van der Waals surface area contributed by atoms with Crippen molar-refractivity contribution < 1.29 is 24.2 Å². The highest BCUT2D eigenvalue weighted by Gasteiger charge is 2.15. The third-order valence-corrected chi connectivity index (χ3v) is 2.51. The molecule has 0 saturated carbocycles. The van der Waals surface area contributed by atoms with Gasteiger partial charge in [0.1, 0.15) is 6.10 Å². The lowest BCUT2D eigenvalue weighted by molar-refractivity contribution is -0.125. The number of amides is 2. The fourth-order valence-electron chi connectivity index (χ4n) is 1.48. The third-order valence-electron chi connectivity index (χ3n) is 2.51. The molecule has 1 unspecified atom stereocenters. The molecule has 1 atom stereocenters. The number of benzene rings is 1. The van der Waals surface area contributed by atoms with Crippen molar-refractivity contribution in [1.29, 1.82) is 0 Å². The number of ether oxygens (including phenoxy) is 2. The number of primary amides is 1. The summed E-state index contributed by atoms with van der Waals surface area (Å²) in [5, 5.41) is 11.6. The van der Waals surface area contributed by atoms with E-state index < -0.39 is 17.9 Å². The maximum absolute atomic E-state index is 11.9. The maximum Gasteiger partial charge on any atom is 0.251 e. The first kappa shape index (κ1) is 15.8. The van der Waals surface area contributed by atoms with Crippen LogP contribution in [0.15, 0.2) is 18.2 Å². The van der Waals surface area contributed by atoms with Gasteiger partial charge in [-0.2, -0.15) is 0 Å². The van der Waals surface area contributed by atoms with E-state index in [1.165, 1.54) is 13.2 Å². The molecule has 0 radical (unpaired) electrons. The average molecular weight is 282 g/mol. The van der Waals surface area contributed by atoms with Crippen LogP contribution >= 0.6 is 0 Å². The molecule has 1 aromatic carbocycles. The van der Waals surface area contributed by atoms with Crippen molar-refractivity contribution in [3.8, 4) is 11.5 Å². The lowest BCUT2D eigenvalue weighted by Gasteiger charge is -2.12. The lowest BCUT2D eigenvalue weighted by Crippen LogP contribution is -2.39. The number of nitrogens with two attached hydrogens (primary N) is 1. The standard InChI is InChI=1S/C13H18N2O5/c1-3-20-11-6-8(4-5-10(11)19-2)13(18)15-7-9(16)12(14)17/h4-6,9,16H,3,7H2,1-2H3,(H2,14,17)(H,15,18). The molecular weight excluding hydrogens is 264 g/mol. The molecule has 0 spiro atoms. The van der Waals surface area contributed by atoms with Crippen LogP contribution < -0.4 is 20.5 Å². The van der Waals surface area contributed by atoms with E-state index in [2.05, 4.69) is 5.32 Å². The van der Waals surface area contributed by atoms with E-state index in [9.17, 15) is 14.7 Å². The van der Waals surface area contributed by atoms with E-state index in [0.717, 1.165) is 0 Å². The van der Waals surface area contributed by atoms with Gasteiger partial charge in [-0.3, -0.25) is 9.59 Å². The molecule has 0 heterocycles. The first-order valence-electron chi connectivity index (χ1n) is 6.06. The zero-order valence-electron chi connectivity index (χ0n) is 11.4. The Morgan fingerprint density at radius 3 is 2.65 bits per heavy atom. The molecule has 0 aliphatic carbocycles. The highest BCUT2D eigenvalue weighted by Crippen LogP contribution is 2.27. The first-order chi connectivity index (χ1) is 9.49. The van der Waals surface area contributed by atoms with Gasteiger partial charge < -0.3 is 25.6 Å². The van der Waals surface area contributed by atoms with Crippen molar-refractivity contribution in [2.45, 2.75) is 13.0 Å². The molecule has 0 aliphatic rings. The molecule has 20 heavy (non-hydrogen) atoms. The predicted octanol–water partition coefficient (Wildman–Crippen LogP) is -0.330. The van der Waals surface area contributed by atoms with Gasteiger partial charge in [0.25, 0.3) is 5.91 Å². The molecule has 1 aromatic rings. The Balaban J connectivity index is 2.78. The third kappa shape index (κ3) is 4.13. The Morgan fingerprint density at radius 2 is 2.10 bits per heavy atom. The second kappa shape index (κ2) is 7.34. The molecule has 4 N–H and O–H groups in total. The molecule has 0 aromatic heterocycles. The molecule has 1 rings (SSSR count). The second-order valence-corrected chi connectivity index (χ2v) is 3.93. The van der Waals surface area contributed by atoms with Crippen LogP contribution in [0.4, 0.5) is 0 Å². The van der Waals surface area contributed by atoms with Crippen LogP contribution in [-0.2, 0) is 4.79 Å². The summed E-state index contributed by atoms with van der Waals surface area (Å²) in [7, 11) is 1.50. The molecule has 7 nitrogen and oxygen atoms in total. The van der Waals surface area contributed by atoms with Crippen LogP contribution in [0.1, 0.15) is 17.3 Å². The van der Waals surface area contributed by atoms with E-state index in [4.69, 9.17) is 15.2 Å². The number of carbonyl (C=O) groups excluding carboxylic acids is 2. The SMILES string of the molecule is CCOc1cc(C(=O)NCC(O)C(N)=O)ccc1OC. The number of aliphatic hydroxyl groups is 1. The maximum atomic E-state index is 11.9. The summed E-state index contributed by atoms with van der Waals surface area (Å²) in [5.41, 5.74) is 5.21. The van der Waals surface area contributed by atoms with Crippen molar-refractivity contribution in [2.75, 3.05) is 20.3 Å². The lowest BCUT2D eigenvalue weighted by atomic mass is 10.2. The normalized spacial score (nSPS) is 11.6. The average Bonchev–Trinajstić information content (AvgIpc) is 2.44. The molecule has 0 aliphatic heterocycles. The quantitative estimate of drug-likeness (QED) is 0.634.